The summed E-state index contributed by atoms with van der Waals surface area (Å²) in [7, 11) is 0. The third-order valence-corrected chi connectivity index (χ3v) is 1.80. The lowest BCUT2D eigenvalue weighted by Gasteiger charge is -1.97. The van der Waals surface area contributed by atoms with Crippen molar-refractivity contribution >= 4 is 5.97 Å². The van der Waals surface area contributed by atoms with E-state index in [4.69, 9.17) is 5.11 Å². The fourth-order valence-electron chi connectivity index (χ4n) is 1.20. The molecule has 1 rings (SSSR count). The quantitative estimate of drug-likeness (QED) is 0.587. The van der Waals surface area contributed by atoms with Crippen molar-refractivity contribution < 1.29 is 9.90 Å². The van der Waals surface area contributed by atoms with Crippen LogP contribution in [0.1, 0.15) is 12.8 Å². The number of carbonyl (C=O) groups is 1. The molecule has 1 unspecified atom stereocenters. The van der Waals surface area contributed by atoms with Crippen LogP contribution in [-0.4, -0.2) is 24.2 Å². The Balaban J connectivity index is 2.17. The Labute approximate surface area is 66.1 Å². The predicted octanol–water partition coefficient (Wildman–Crippen LogP) is 0.627. The van der Waals surface area contributed by atoms with E-state index in [-0.39, 0.29) is 6.42 Å². The standard InChI is InChI=1S/C8H13NO2/c10-8(11)3-1-2-7-4-5-9-6-7/h1-2,7,9H,3-6H2,(H,10,11)/b2-1+. The van der Waals surface area contributed by atoms with Gasteiger partial charge in [0.2, 0.25) is 0 Å². The Morgan fingerprint density at radius 2 is 2.55 bits per heavy atom. The highest BCUT2D eigenvalue weighted by atomic mass is 16.4. The van der Waals surface area contributed by atoms with E-state index in [0.29, 0.717) is 5.92 Å². The summed E-state index contributed by atoms with van der Waals surface area (Å²) in [6.07, 6.45) is 5.01. The number of hydrogen-bond acceptors (Lipinski definition) is 2. The number of aliphatic carboxylic acids is 1. The van der Waals surface area contributed by atoms with Gasteiger partial charge in [-0.05, 0) is 18.9 Å². The van der Waals surface area contributed by atoms with Crippen LogP contribution in [0.15, 0.2) is 12.2 Å². The second-order valence-corrected chi connectivity index (χ2v) is 2.78. The van der Waals surface area contributed by atoms with Crippen LogP contribution in [0, 0.1) is 5.92 Å². The van der Waals surface area contributed by atoms with E-state index >= 15 is 0 Å². The van der Waals surface area contributed by atoms with Gasteiger partial charge in [0.25, 0.3) is 0 Å². The minimum atomic E-state index is -0.757. The SMILES string of the molecule is O=C(O)C/C=C/C1CCNC1. The minimum absolute atomic E-state index is 0.149. The van der Waals surface area contributed by atoms with E-state index in [1.807, 2.05) is 6.08 Å². The zero-order valence-corrected chi connectivity index (χ0v) is 6.42. The van der Waals surface area contributed by atoms with Crippen LogP contribution < -0.4 is 5.32 Å². The molecule has 0 amide bonds. The molecule has 0 aromatic carbocycles. The third-order valence-electron chi connectivity index (χ3n) is 1.80. The number of nitrogens with one attached hydrogen (secondary N) is 1. The molecular formula is C8H13NO2. The fourth-order valence-corrected chi connectivity index (χ4v) is 1.20. The highest BCUT2D eigenvalue weighted by Gasteiger charge is 2.09. The lowest BCUT2D eigenvalue weighted by molar-refractivity contribution is -0.136. The molecule has 2 N–H and O–H groups in total. The first-order chi connectivity index (χ1) is 5.29. The summed E-state index contributed by atoms with van der Waals surface area (Å²) in [5, 5.41) is 11.5. The van der Waals surface area contributed by atoms with Crippen molar-refractivity contribution in [2.45, 2.75) is 12.8 Å². The molecule has 1 aliphatic heterocycles. The number of hydrogen-bond donors (Lipinski definition) is 2. The minimum Gasteiger partial charge on any atom is -0.481 e. The van der Waals surface area contributed by atoms with Crippen molar-refractivity contribution in [2.75, 3.05) is 13.1 Å². The van der Waals surface area contributed by atoms with E-state index in [0.717, 1.165) is 19.5 Å². The maximum atomic E-state index is 10.1. The normalized spacial score (nSPS) is 24.5. The maximum absolute atomic E-state index is 10.1. The Bertz CT molecular complexity index is 159. The van der Waals surface area contributed by atoms with Gasteiger partial charge >= 0.3 is 5.97 Å². The Kier molecular flexibility index (Phi) is 3.11. The summed E-state index contributed by atoms with van der Waals surface area (Å²) in [6.45, 7) is 2.05. The molecule has 1 fully saturated rings. The lowest BCUT2D eigenvalue weighted by Crippen LogP contribution is -2.07. The van der Waals surface area contributed by atoms with Crippen molar-refractivity contribution in [3.8, 4) is 0 Å². The molecule has 1 atom stereocenters. The number of carboxylic acids is 1. The molecule has 0 spiro atoms. The van der Waals surface area contributed by atoms with Gasteiger partial charge in [-0.25, -0.2) is 0 Å². The summed E-state index contributed by atoms with van der Waals surface area (Å²) in [6, 6.07) is 0. The van der Waals surface area contributed by atoms with Gasteiger partial charge in [-0.15, -0.1) is 0 Å². The molecule has 0 aromatic heterocycles. The van der Waals surface area contributed by atoms with Crippen molar-refractivity contribution in [3.63, 3.8) is 0 Å². The van der Waals surface area contributed by atoms with Gasteiger partial charge in [0.1, 0.15) is 0 Å². The second-order valence-electron chi connectivity index (χ2n) is 2.78. The molecule has 3 heteroatoms. The Morgan fingerprint density at radius 1 is 1.73 bits per heavy atom. The molecule has 1 aliphatic rings. The maximum Gasteiger partial charge on any atom is 0.307 e. The molecule has 3 nitrogen and oxygen atoms in total. The summed E-state index contributed by atoms with van der Waals surface area (Å²) >= 11 is 0. The first kappa shape index (κ1) is 8.27. The Morgan fingerprint density at radius 3 is 3.09 bits per heavy atom. The van der Waals surface area contributed by atoms with Gasteiger partial charge in [-0.2, -0.15) is 0 Å². The van der Waals surface area contributed by atoms with Crippen LogP contribution in [0.25, 0.3) is 0 Å². The topological polar surface area (TPSA) is 49.3 Å². The van der Waals surface area contributed by atoms with Crippen molar-refractivity contribution in [1.82, 2.24) is 5.32 Å². The van der Waals surface area contributed by atoms with Crippen molar-refractivity contribution in [2.24, 2.45) is 5.92 Å². The first-order valence-corrected chi connectivity index (χ1v) is 3.88. The van der Waals surface area contributed by atoms with Gasteiger partial charge in [0, 0.05) is 6.54 Å². The van der Waals surface area contributed by atoms with Gasteiger partial charge < -0.3 is 10.4 Å². The average Bonchev–Trinajstić information content (AvgIpc) is 2.39. The third kappa shape index (κ3) is 3.18. The van der Waals surface area contributed by atoms with Gasteiger partial charge in [-0.3, -0.25) is 4.79 Å². The summed E-state index contributed by atoms with van der Waals surface area (Å²) in [5.74, 6) is -0.207. The molecule has 0 aliphatic carbocycles. The van der Waals surface area contributed by atoms with Crippen LogP contribution in [0.5, 0.6) is 0 Å². The first-order valence-electron chi connectivity index (χ1n) is 3.88. The predicted molar refractivity (Wildman–Crippen MR) is 42.4 cm³/mol. The second kappa shape index (κ2) is 4.13. The average molecular weight is 155 g/mol. The van der Waals surface area contributed by atoms with E-state index in [2.05, 4.69) is 5.32 Å². The largest absolute Gasteiger partial charge is 0.481 e. The monoisotopic (exact) mass is 155 g/mol. The molecule has 0 aromatic rings. The smallest absolute Gasteiger partial charge is 0.307 e. The van der Waals surface area contributed by atoms with Crippen LogP contribution in [0.3, 0.4) is 0 Å². The van der Waals surface area contributed by atoms with Crippen LogP contribution in [0.2, 0.25) is 0 Å². The van der Waals surface area contributed by atoms with Crippen LogP contribution in [0.4, 0.5) is 0 Å². The van der Waals surface area contributed by atoms with Gasteiger partial charge in [0.05, 0.1) is 6.42 Å². The van der Waals surface area contributed by atoms with E-state index in [1.54, 1.807) is 6.08 Å². The number of carboxylic acid groups (broad SMARTS) is 1. The molecule has 1 heterocycles. The lowest BCUT2D eigenvalue weighted by atomic mass is 10.1. The van der Waals surface area contributed by atoms with Crippen molar-refractivity contribution in [3.05, 3.63) is 12.2 Å². The van der Waals surface area contributed by atoms with Gasteiger partial charge in [0.15, 0.2) is 0 Å². The molecule has 0 radical (unpaired) electrons. The molecule has 11 heavy (non-hydrogen) atoms. The van der Waals surface area contributed by atoms with E-state index in [1.165, 1.54) is 0 Å². The number of rotatable bonds is 3. The highest BCUT2D eigenvalue weighted by Crippen LogP contribution is 2.08. The zero-order chi connectivity index (χ0) is 8.10. The molecular weight excluding hydrogens is 142 g/mol. The fraction of sp³-hybridized carbons (Fsp3) is 0.625. The Hall–Kier alpha value is -0.830. The summed E-state index contributed by atoms with van der Waals surface area (Å²) in [5.41, 5.74) is 0. The van der Waals surface area contributed by atoms with Crippen molar-refractivity contribution in [1.29, 1.82) is 0 Å². The summed E-state index contributed by atoms with van der Waals surface area (Å²) < 4.78 is 0. The highest BCUT2D eigenvalue weighted by molar-refractivity contribution is 5.68. The van der Waals surface area contributed by atoms with Gasteiger partial charge in [-0.1, -0.05) is 12.2 Å². The molecule has 1 saturated heterocycles. The summed E-state index contributed by atoms with van der Waals surface area (Å²) in [4.78, 5) is 10.1. The zero-order valence-electron chi connectivity index (χ0n) is 6.42. The molecule has 0 bridgehead atoms. The van der Waals surface area contributed by atoms with Crippen LogP contribution >= 0.6 is 0 Å². The van der Waals surface area contributed by atoms with E-state index in [9.17, 15) is 4.79 Å². The molecule has 62 valence electrons. The van der Waals surface area contributed by atoms with Crippen LogP contribution in [-0.2, 0) is 4.79 Å². The van der Waals surface area contributed by atoms with E-state index < -0.39 is 5.97 Å². The molecule has 0 saturated carbocycles.